The number of hydrogen-bond donors (Lipinski definition) is 0. The van der Waals surface area contributed by atoms with Crippen molar-refractivity contribution in [2.24, 2.45) is 4.99 Å². The maximum absolute atomic E-state index is 12.9. The lowest BCUT2D eigenvalue weighted by Gasteiger charge is -1.94. The van der Waals surface area contributed by atoms with E-state index in [0.29, 0.717) is 5.13 Å². The zero-order valence-electron chi connectivity index (χ0n) is 10.5. The fourth-order valence-electron chi connectivity index (χ4n) is 1.75. The first-order chi connectivity index (χ1) is 9.81. The molecular formula is C16H11FN2S. The topological polar surface area (TPSA) is 25.2 Å². The molecule has 0 saturated carbocycles. The van der Waals surface area contributed by atoms with Crippen molar-refractivity contribution in [3.8, 4) is 11.3 Å². The molecule has 3 aromatic rings. The highest BCUT2D eigenvalue weighted by Crippen LogP contribution is 2.26. The van der Waals surface area contributed by atoms with Gasteiger partial charge < -0.3 is 0 Å². The van der Waals surface area contributed by atoms with Gasteiger partial charge in [-0.05, 0) is 29.8 Å². The Morgan fingerprint density at radius 2 is 1.75 bits per heavy atom. The molecule has 2 aromatic carbocycles. The summed E-state index contributed by atoms with van der Waals surface area (Å²) in [6, 6.07) is 16.2. The second-order valence-corrected chi connectivity index (χ2v) is 5.03. The smallest absolute Gasteiger partial charge is 0.209 e. The lowest BCUT2D eigenvalue weighted by Crippen LogP contribution is -1.79. The molecule has 0 bridgehead atoms. The molecule has 3 rings (SSSR count). The third kappa shape index (κ3) is 2.97. The Hall–Kier alpha value is -2.33. The predicted octanol–water partition coefficient (Wildman–Crippen LogP) is 4.70. The van der Waals surface area contributed by atoms with Crippen LogP contribution in [-0.4, -0.2) is 11.2 Å². The number of rotatable bonds is 3. The van der Waals surface area contributed by atoms with Crippen LogP contribution in [0.3, 0.4) is 0 Å². The Labute approximate surface area is 120 Å². The van der Waals surface area contributed by atoms with Crippen LogP contribution in [0.1, 0.15) is 5.56 Å². The van der Waals surface area contributed by atoms with E-state index in [0.717, 1.165) is 16.8 Å². The molecular weight excluding hydrogens is 271 g/mol. The molecule has 20 heavy (non-hydrogen) atoms. The van der Waals surface area contributed by atoms with Gasteiger partial charge in [-0.15, -0.1) is 11.3 Å². The van der Waals surface area contributed by atoms with Crippen molar-refractivity contribution >= 4 is 22.7 Å². The molecule has 0 radical (unpaired) electrons. The maximum atomic E-state index is 12.9. The van der Waals surface area contributed by atoms with Crippen molar-refractivity contribution in [3.05, 3.63) is 71.4 Å². The number of halogens is 1. The number of nitrogens with zero attached hydrogens (tertiary/aromatic N) is 2. The van der Waals surface area contributed by atoms with Crippen LogP contribution < -0.4 is 0 Å². The van der Waals surface area contributed by atoms with Gasteiger partial charge in [-0.2, -0.15) is 0 Å². The van der Waals surface area contributed by atoms with Crippen LogP contribution in [-0.2, 0) is 0 Å². The molecule has 2 nitrogen and oxygen atoms in total. The van der Waals surface area contributed by atoms with Crippen LogP contribution >= 0.6 is 11.3 Å². The molecule has 0 spiro atoms. The highest BCUT2D eigenvalue weighted by Gasteiger charge is 2.03. The predicted molar refractivity (Wildman–Crippen MR) is 81.2 cm³/mol. The van der Waals surface area contributed by atoms with Crippen molar-refractivity contribution in [2.45, 2.75) is 0 Å². The zero-order valence-corrected chi connectivity index (χ0v) is 11.3. The van der Waals surface area contributed by atoms with Crippen LogP contribution in [0.4, 0.5) is 9.52 Å². The summed E-state index contributed by atoms with van der Waals surface area (Å²) in [6.07, 6.45) is 1.78. The molecule has 0 saturated heterocycles. The highest BCUT2D eigenvalue weighted by atomic mass is 32.1. The average Bonchev–Trinajstić information content (AvgIpc) is 2.96. The third-order valence-electron chi connectivity index (χ3n) is 2.76. The van der Waals surface area contributed by atoms with E-state index in [2.05, 4.69) is 9.98 Å². The molecule has 0 aliphatic carbocycles. The van der Waals surface area contributed by atoms with E-state index >= 15 is 0 Å². The molecule has 0 atom stereocenters. The van der Waals surface area contributed by atoms with Gasteiger partial charge in [-0.25, -0.2) is 14.4 Å². The summed E-state index contributed by atoms with van der Waals surface area (Å²) in [6.45, 7) is 0. The second kappa shape index (κ2) is 5.75. The van der Waals surface area contributed by atoms with E-state index in [1.165, 1.54) is 23.5 Å². The standard InChI is InChI=1S/C16H11FN2S/c17-14-8-6-13(7-9-14)15-11-20-16(19-15)18-10-12-4-2-1-3-5-12/h1-11H. The van der Waals surface area contributed by atoms with Crippen LogP contribution in [0.15, 0.2) is 65.0 Å². The summed E-state index contributed by atoms with van der Waals surface area (Å²) in [7, 11) is 0. The van der Waals surface area contributed by atoms with E-state index < -0.39 is 0 Å². The van der Waals surface area contributed by atoms with E-state index in [-0.39, 0.29) is 5.82 Å². The summed E-state index contributed by atoms with van der Waals surface area (Å²) in [5.74, 6) is -0.244. The van der Waals surface area contributed by atoms with Gasteiger partial charge in [0.2, 0.25) is 5.13 Å². The Balaban J connectivity index is 1.80. The van der Waals surface area contributed by atoms with Gasteiger partial charge >= 0.3 is 0 Å². The SMILES string of the molecule is Fc1ccc(-c2csc(N=Cc3ccccc3)n2)cc1. The summed E-state index contributed by atoms with van der Waals surface area (Å²) in [4.78, 5) is 8.77. The third-order valence-corrected chi connectivity index (χ3v) is 3.50. The fourth-order valence-corrected chi connectivity index (χ4v) is 2.42. The highest BCUT2D eigenvalue weighted by molar-refractivity contribution is 7.13. The maximum Gasteiger partial charge on any atom is 0.209 e. The number of aromatic nitrogens is 1. The van der Waals surface area contributed by atoms with Crippen LogP contribution in [0.5, 0.6) is 0 Å². The van der Waals surface area contributed by atoms with Gasteiger partial charge in [0, 0.05) is 17.2 Å². The first-order valence-corrected chi connectivity index (χ1v) is 7.00. The molecule has 0 unspecified atom stereocenters. The van der Waals surface area contributed by atoms with Crippen molar-refractivity contribution in [1.82, 2.24) is 4.98 Å². The van der Waals surface area contributed by atoms with Crippen LogP contribution in [0, 0.1) is 5.82 Å². The monoisotopic (exact) mass is 282 g/mol. The van der Waals surface area contributed by atoms with E-state index in [4.69, 9.17) is 0 Å². The van der Waals surface area contributed by atoms with Gasteiger partial charge in [0.05, 0.1) is 5.69 Å². The lowest BCUT2D eigenvalue weighted by atomic mass is 10.2. The first-order valence-electron chi connectivity index (χ1n) is 6.12. The number of thiazole rings is 1. The minimum atomic E-state index is -0.244. The quantitative estimate of drug-likeness (QED) is 0.639. The number of aliphatic imine (C=N–C) groups is 1. The molecule has 0 aliphatic rings. The van der Waals surface area contributed by atoms with E-state index in [9.17, 15) is 4.39 Å². The van der Waals surface area contributed by atoms with Crippen molar-refractivity contribution in [1.29, 1.82) is 0 Å². The van der Waals surface area contributed by atoms with Crippen molar-refractivity contribution in [3.63, 3.8) is 0 Å². The number of benzene rings is 2. The van der Waals surface area contributed by atoms with Gasteiger partial charge in [0.15, 0.2) is 0 Å². The van der Waals surface area contributed by atoms with Crippen LogP contribution in [0.2, 0.25) is 0 Å². The largest absolute Gasteiger partial charge is 0.227 e. The minimum absolute atomic E-state index is 0.244. The molecule has 4 heteroatoms. The molecule has 1 aromatic heterocycles. The summed E-state index contributed by atoms with van der Waals surface area (Å²) >= 11 is 1.47. The zero-order chi connectivity index (χ0) is 13.8. The van der Waals surface area contributed by atoms with E-state index in [1.54, 1.807) is 18.3 Å². The Kier molecular flexibility index (Phi) is 3.65. The number of hydrogen-bond acceptors (Lipinski definition) is 3. The fraction of sp³-hybridized carbons (Fsp3) is 0. The van der Waals surface area contributed by atoms with Gasteiger partial charge in [0.25, 0.3) is 0 Å². The summed E-state index contributed by atoms with van der Waals surface area (Å²) in [5, 5.41) is 2.61. The van der Waals surface area contributed by atoms with Crippen LogP contribution in [0.25, 0.3) is 11.3 Å². The van der Waals surface area contributed by atoms with Gasteiger partial charge in [-0.3, -0.25) is 0 Å². The summed E-state index contributed by atoms with van der Waals surface area (Å²) in [5.41, 5.74) is 2.74. The van der Waals surface area contributed by atoms with Gasteiger partial charge in [-0.1, -0.05) is 30.3 Å². The molecule has 0 amide bonds. The average molecular weight is 282 g/mol. The normalized spacial score (nSPS) is 11.1. The summed E-state index contributed by atoms with van der Waals surface area (Å²) < 4.78 is 12.9. The lowest BCUT2D eigenvalue weighted by molar-refractivity contribution is 0.628. The minimum Gasteiger partial charge on any atom is -0.227 e. The molecule has 98 valence electrons. The Morgan fingerprint density at radius 1 is 1.00 bits per heavy atom. The molecule has 0 fully saturated rings. The molecule has 0 aliphatic heterocycles. The van der Waals surface area contributed by atoms with E-state index in [1.807, 2.05) is 35.7 Å². The van der Waals surface area contributed by atoms with Gasteiger partial charge in [0.1, 0.15) is 5.82 Å². The Bertz CT molecular complexity index is 718. The second-order valence-electron chi connectivity index (χ2n) is 4.19. The molecule has 1 heterocycles. The van der Waals surface area contributed by atoms with Crippen molar-refractivity contribution < 1.29 is 4.39 Å². The first kappa shape index (κ1) is 12.7. The molecule has 0 N–H and O–H groups in total. The Morgan fingerprint density at radius 3 is 2.50 bits per heavy atom. The van der Waals surface area contributed by atoms with Crippen molar-refractivity contribution in [2.75, 3.05) is 0 Å².